The Kier molecular flexibility index (Phi) is 7.72. The van der Waals surface area contributed by atoms with Gasteiger partial charge in [-0.1, -0.05) is 60.7 Å². The molecule has 1 heterocycles. The third-order valence-corrected chi connectivity index (χ3v) is 6.26. The minimum Gasteiger partial charge on any atom is -0.496 e. The van der Waals surface area contributed by atoms with E-state index in [1.54, 1.807) is 22.9 Å². The summed E-state index contributed by atoms with van der Waals surface area (Å²) in [7, 11) is 1.53. The summed E-state index contributed by atoms with van der Waals surface area (Å²) in [6.07, 6.45) is 0. The van der Waals surface area contributed by atoms with Crippen molar-refractivity contribution in [3.8, 4) is 22.6 Å². The van der Waals surface area contributed by atoms with E-state index in [0.717, 1.165) is 28.1 Å². The van der Waals surface area contributed by atoms with E-state index >= 15 is 0 Å². The van der Waals surface area contributed by atoms with Crippen molar-refractivity contribution in [2.45, 2.75) is 33.7 Å². The van der Waals surface area contributed by atoms with Crippen molar-refractivity contribution < 1.29 is 14.3 Å². The summed E-state index contributed by atoms with van der Waals surface area (Å²) >= 11 is 0. The van der Waals surface area contributed by atoms with Crippen LogP contribution < -0.4 is 10.1 Å². The predicted molar refractivity (Wildman–Crippen MR) is 146 cm³/mol. The standard InChI is InChI=1S/C30H32N4O3/c1-20(2)33(30(36)24-16-10-12-18-26(24)37-5)19-27(35)31-29-28(23-14-7-6-8-15-23)22(4)32-34(29)25-17-11-9-13-21(25)3/h6-18,20H,19H2,1-5H3,(H,31,35). The second-order valence-electron chi connectivity index (χ2n) is 9.15. The van der Waals surface area contributed by atoms with Crippen LogP contribution in [0.4, 0.5) is 5.82 Å². The Morgan fingerprint density at radius 2 is 1.59 bits per heavy atom. The molecule has 0 aliphatic rings. The zero-order valence-electron chi connectivity index (χ0n) is 21.9. The normalized spacial score (nSPS) is 10.9. The predicted octanol–water partition coefficient (Wildman–Crippen LogP) is 5.65. The van der Waals surface area contributed by atoms with Gasteiger partial charge in [0.15, 0.2) is 0 Å². The molecule has 1 N–H and O–H groups in total. The number of aryl methyl sites for hydroxylation is 2. The molecule has 0 aliphatic carbocycles. The van der Waals surface area contributed by atoms with Gasteiger partial charge in [0.1, 0.15) is 18.1 Å². The van der Waals surface area contributed by atoms with Crippen LogP contribution in [0.1, 0.15) is 35.5 Å². The molecule has 37 heavy (non-hydrogen) atoms. The van der Waals surface area contributed by atoms with Crippen molar-refractivity contribution in [2.24, 2.45) is 0 Å². The fraction of sp³-hybridized carbons (Fsp3) is 0.233. The van der Waals surface area contributed by atoms with E-state index in [-0.39, 0.29) is 24.4 Å². The van der Waals surface area contributed by atoms with Gasteiger partial charge in [0.25, 0.3) is 5.91 Å². The highest BCUT2D eigenvalue weighted by Gasteiger charge is 2.26. The molecule has 0 radical (unpaired) electrons. The van der Waals surface area contributed by atoms with Crippen LogP contribution in [0.25, 0.3) is 16.8 Å². The lowest BCUT2D eigenvalue weighted by molar-refractivity contribution is -0.117. The summed E-state index contributed by atoms with van der Waals surface area (Å²) in [4.78, 5) is 28.5. The number of hydrogen-bond acceptors (Lipinski definition) is 4. The lowest BCUT2D eigenvalue weighted by Gasteiger charge is -2.27. The SMILES string of the molecule is COc1ccccc1C(=O)N(CC(=O)Nc1c(-c2ccccc2)c(C)nn1-c1ccccc1C)C(C)C. The number of carbonyl (C=O) groups excluding carboxylic acids is 2. The van der Waals surface area contributed by atoms with E-state index in [2.05, 4.69) is 5.32 Å². The number of methoxy groups -OCH3 is 1. The number of benzene rings is 3. The molecule has 190 valence electrons. The Hall–Kier alpha value is -4.39. The molecule has 0 aliphatic heterocycles. The van der Waals surface area contributed by atoms with Gasteiger partial charge in [-0.2, -0.15) is 5.10 Å². The van der Waals surface area contributed by atoms with Crippen LogP contribution >= 0.6 is 0 Å². The van der Waals surface area contributed by atoms with Crippen molar-refractivity contribution in [2.75, 3.05) is 19.0 Å². The minimum atomic E-state index is -0.316. The quantitative estimate of drug-likeness (QED) is 0.342. The van der Waals surface area contributed by atoms with Crippen LogP contribution in [-0.2, 0) is 4.79 Å². The van der Waals surface area contributed by atoms with Crippen LogP contribution in [0.2, 0.25) is 0 Å². The number of para-hydroxylation sites is 2. The molecular weight excluding hydrogens is 464 g/mol. The molecule has 2 amide bonds. The summed E-state index contributed by atoms with van der Waals surface area (Å²) in [5.41, 5.74) is 4.88. The zero-order chi connectivity index (χ0) is 26.5. The first-order chi connectivity index (χ1) is 17.8. The smallest absolute Gasteiger partial charge is 0.258 e. The molecule has 0 bridgehead atoms. The number of rotatable bonds is 8. The first-order valence-corrected chi connectivity index (χ1v) is 12.3. The molecule has 4 aromatic rings. The molecule has 0 saturated heterocycles. The Morgan fingerprint density at radius 3 is 2.27 bits per heavy atom. The number of amides is 2. The number of nitrogens with zero attached hydrogens (tertiary/aromatic N) is 3. The topological polar surface area (TPSA) is 76.5 Å². The van der Waals surface area contributed by atoms with Crippen LogP contribution in [0.15, 0.2) is 78.9 Å². The van der Waals surface area contributed by atoms with E-state index in [9.17, 15) is 9.59 Å². The van der Waals surface area contributed by atoms with E-state index in [4.69, 9.17) is 9.84 Å². The van der Waals surface area contributed by atoms with Gasteiger partial charge in [-0.15, -0.1) is 0 Å². The number of carbonyl (C=O) groups is 2. The molecule has 1 aromatic heterocycles. The van der Waals surface area contributed by atoms with Gasteiger partial charge in [0.05, 0.1) is 24.1 Å². The molecule has 0 fully saturated rings. The maximum Gasteiger partial charge on any atom is 0.258 e. The van der Waals surface area contributed by atoms with Crippen molar-refractivity contribution >= 4 is 17.6 Å². The molecule has 7 nitrogen and oxygen atoms in total. The van der Waals surface area contributed by atoms with Crippen molar-refractivity contribution in [3.05, 3.63) is 95.7 Å². The molecule has 3 aromatic carbocycles. The average Bonchev–Trinajstić information content (AvgIpc) is 3.22. The summed E-state index contributed by atoms with van der Waals surface area (Å²) in [5.74, 6) is 0.452. The average molecular weight is 497 g/mol. The molecule has 7 heteroatoms. The molecular formula is C30H32N4O3. The van der Waals surface area contributed by atoms with Crippen molar-refractivity contribution in [3.63, 3.8) is 0 Å². The van der Waals surface area contributed by atoms with E-state index in [0.29, 0.717) is 17.1 Å². The molecule has 0 spiro atoms. The Morgan fingerprint density at radius 1 is 0.946 bits per heavy atom. The zero-order valence-corrected chi connectivity index (χ0v) is 21.9. The number of nitrogens with one attached hydrogen (secondary N) is 1. The van der Waals surface area contributed by atoms with Gasteiger partial charge in [0, 0.05) is 11.6 Å². The van der Waals surface area contributed by atoms with E-state index < -0.39 is 0 Å². The lowest BCUT2D eigenvalue weighted by Crippen LogP contribution is -2.42. The Balaban J connectivity index is 1.71. The van der Waals surface area contributed by atoms with Crippen LogP contribution in [0.5, 0.6) is 5.75 Å². The maximum atomic E-state index is 13.5. The lowest BCUT2D eigenvalue weighted by atomic mass is 10.1. The summed E-state index contributed by atoms with van der Waals surface area (Å²) in [5, 5.41) is 7.88. The van der Waals surface area contributed by atoms with Crippen LogP contribution in [0.3, 0.4) is 0 Å². The van der Waals surface area contributed by atoms with Crippen LogP contribution in [0, 0.1) is 13.8 Å². The van der Waals surface area contributed by atoms with Gasteiger partial charge < -0.3 is 15.0 Å². The fourth-order valence-electron chi connectivity index (χ4n) is 4.36. The van der Waals surface area contributed by atoms with E-state index in [1.807, 2.05) is 88.4 Å². The number of ether oxygens (including phenoxy) is 1. The second kappa shape index (κ2) is 11.1. The van der Waals surface area contributed by atoms with Gasteiger partial charge in [0.2, 0.25) is 5.91 Å². The van der Waals surface area contributed by atoms with E-state index in [1.165, 1.54) is 12.0 Å². The highest BCUT2D eigenvalue weighted by atomic mass is 16.5. The highest BCUT2D eigenvalue weighted by molar-refractivity contribution is 6.02. The third kappa shape index (κ3) is 5.40. The Bertz CT molecular complexity index is 1410. The number of hydrogen-bond donors (Lipinski definition) is 1. The molecule has 0 unspecified atom stereocenters. The third-order valence-electron chi connectivity index (χ3n) is 6.26. The van der Waals surface area contributed by atoms with Crippen LogP contribution in [-0.4, -0.2) is 46.2 Å². The fourth-order valence-corrected chi connectivity index (χ4v) is 4.36. The van der Waals surface area contributed by atoms with Crippen molar-refractivity contribution in [1.29, 1.82) is 0 Å². The monoisotopic (exact) mass is 496 g/mol. The van der Waals surface area contributed by atoms with Gasteiger partial charge in [-0.25, -0.2) is 4.68 Å². The van der Waals surface area contributed by atoms with Gasteiger partial charge >= 0.3 is 0 Å². The second-order valence-corrected chi connectivity index (χ2v) is 9.15. The first kappa shape index (κ1) is 25.7. The molecule has 0 saturated carbocycles. The number of anilines is 1. The molecule has 0 atom stereocenters. The highest BCUT2D eigenvalue weighted by Crippen LogP contribution is 2.34. The maximum absolute atomic E-state index is 13.5. The molecule has 4 rings (SSSR count). The Labute approximate surface area is 217 Å². The summed E-state index contributed by atoms with van der Waals surface area (Å²) < 4.78 is 7.15. The number of aromatic nitrogens is 2. The van der Waals surface area contributed by atoms with Gasteiger partial charge in [-0.05, 0) is 57.0 Å². The van der Waals surface area contributed by atoms with Gasteiger partial charge in [-0.3, -0.25) is 9.59 Å². The first-order valence-electron chi connectivity index (χ1n) is 12.3. The minimum absolute atomic E-state index is 0.124. The summed E-state index contributed by atoms with van der Waals surface area (Å²) in [6.45, 7) is 7.58. The summed E-state index contributed by atoms with van der Waals surface area (Å²) in [6, 6.07) is 24.6. The van der Waals surface area contributed by atoms with Crippen molar-refractivity contribution in [1.82, 2.24) is 14.7 Å². The largest absolute Gasteiger partial charge is 0.496 e.